The van der Waals surface area contributed by atoms with Crippen molar-refractivity contribution < 1.29 is 13.2 Å². The molecule has 0 aliphatic heterocycles. The number of sulfonamides is 1. The molecule has 0 saturated heterocycles. The van der Waals surface area contributed by atoms with Crippen molar-refractivity contribution in [1.29, 1.82) is 0 Å². The van der Waals surface area contributed by atoms with Gasteiger partial charge in [0.2, 0.25) is 10.0 Å². The van der Waals surface area contributed by atoms with E-state index in [0.717, 1.165) is 10.0 Å². The minimum atomic E-state index is -3.51. The monoisotopic (exact) mass is 410 g/mol. The van der Waals surface area contributed by atoms with Crippen molar-refractivity contribution in [3.05, 3.63) is 64.1 Å². The highest BCUT2D eigenvalue weighted by molar-refractivity contribution is 9.10. The molecule has 0 spiro atoms. The molecular formula is C17H19BrN2O3S. The van der Waals surface area contributed by atoms with E-state index in [9.17, 15) is 13.2 Å². The summed E-state index contributed by atoms with van der Waals surface area (Å²) >= 11 is 3.46. The summed E-state index contributed by atoms with van der Waals surface area (Å²) in [4.78, 5) is 14.2. The van der Waals surface area contributed by atoms with Gasteiger partial charge in [-0.15, -0.1) is 0 Å². The molecule has 0 atom stereocenters. The van der Waals surface area contributed by atoms with Crippen molar-refractivity contribution in [2.24, 2.45) is 0 Å². The highest BCUT2D eigenvalue weighted by atomic mass is 79.9. The molecule has 5 nitrogen and oxygen atoms in total. The minimum absolute atomic E-state index is 0.148. The fourth-order valence-corrected chi connectivity index (χ4v) is 3.68. The van der Waals surface area contributed by atoms with Crippen LogP contribution in [0.3, 0.4) is 0 Å². The van der Waals surface area contributed by atoms with Crippen LogP contribution in [0, 0.1) is 0 Å². The number of nitrogens with zero attached hydrogens (tertiary/aromatic N) is 1. The Kier molecular flexibility index (Phi) is 6.15. The van der Waals surface area contributed by atoms with Crippen molar-refractivity contribution in [3.63, 3.8) is 0 Å². The molecule has 24 heavy (non-hydrogen) atoms. The van der Waals surface area contributed by atoms with E-state index in [0.29, 0.717) is 18.7 Å². The molecule has 2 aromatic carbocycles. The molecule has 0 aliphatic carbocycles. The van der Waals surface area contributed by atoms with Crippen molar-refractivity contribution in [2.45, 2.75) is 18.4 Å². The van der Waals surface area contributed by atoms with Crippen LogP contribution in [-0.4, -0.2) is 32.8 Å². The highest BCUT2D eigenvalue weighted by Crippen LogP contribution is 2.18. The first-order valence-corrected chi connectivity index (χ1v) is 9.71. The van der Waals surface area contributed by atoms with E-state index in [-0.39, 0.29) is 10.8 Å². The van der Waals surface area contributed by atoms with Gasteiger partial charge in [-0.1, -0.05) is 41.1 Å². The molecule has 0 aromatic heterocycles. The second-order valence-electron chi connectivity index (χ2n) is 5.28. The molecule has 0 heterocycles. The van der Waals surface area contributed by atoms with Gasteiger partial charge in [0.1, 0.15) is 0 Å². The summed E-state index contributed by atoms with van der Waals surface area (Å²) in [6.07, 6.45) is 0. The summed E-state index contributed by atoms with van der Waals surface area (Å²) in [5.41, 5.74) is 1.44. The van der Waals surface area contributed by atoms with Crippen LogP contribution >= 0.6 is 15.9 Å². The normalized spacial score (nSPS) is 11.3. The maximum Gasteiger partial charge on any atom is 0.253 e. The van der Waals surface area contributed by atoms with E-state index in [2.05, 4.69) is 20.7 Å². The van der Waals surface area contributed by atoms with E-state index in [1.165, 1.54) is 24.3 Å². The quantitative estimate of drug-likeness (QED) is 0.795. The predicted octanol–water partition coefficient (Wildman–Crippen LogP) is 3.02. The Hall–Kier alpha value is -1.70. The Morgan fingerprint density at radius 1 is 1.12 bits per heavy atom. The molecule has 2 rings (SSSR count). The number of benzene rings is 2. The second kappa shape index (κ2) is 7.92. The lowest BCUT2D eigenvalue weighted by molar-refractivity contribution is 0.0784. The zero-order chi connectivity index (χ0) is 17.7. The maximum atomic E-state index is 12.5. The molecule has 1 N–H and O–H groups in total. The van der Waals surface area contributed by atoms with Crippen LogP contribution in [0.5, 0.6) is 0 Å². The molecule has 7 heteroatoms. The summed E-state index contributed by atoms with van der Waals surface area (Å²) in [6, 6.07) is 13.6. The highest BCUT2D eigenvalue weighted by Gasteiger charge is 2.16. The van der Waals surface area contributed by atoms with Gasteiger partial charge in [0, 0.05) is 30.2 Å². The Balaban J connectivity index is 2.14. The lowest BCUT2D eigenvalue weighted by atomic mass is 10.1. The smallest absolute Gasteiger partial charge is 0.253 e. The van der Waals surface area contributed by atoms with Crippen LogP contribution in [0.2, 0.25) is 0 Å². The SMILES string of the molecule is CCNS(=O)(=O)c1ccc(C(=O)N(C)Cc2ccccc2Br)cc1. The molecular weight excluding hydrogens is 392 g/mol. The van der Waals surface area contributed by atoms with E-state index in [1.807, 2.05) is 24.3 Å². The molecule has 128 valence electrons. The Morgan fingerprint density at radius 2 is 1.75 bits per heavy atom. The maximum absolute atomic E-state index is 12.5. The van der Waals surface area contributed by atoms with Gasteiger partial charge in [0.05, 0.1) is 4.90 Å². The molecule has 0 radical (unpaired) electrons. The number of halogens is 1. The van der Waals surface area contributed by atoms with Crippen LogP contribution in [0.15, 0.2) is 57.9 Å². The zero-order valence-corrected chi connectivity index (χ0v) is 15.9. The molecule has 1 amide bonds. The molecule has 2 aromatic rings. The molecule has 0 unspecified atom stereocenters. The summed E-state index contributed by atoms with van der Waals surface area (Å²) in [5.74, 6) is -0.168. The van der Waals surface area contributed by atoms with Crippen LogP contribution < -0.4 is 4.72 Å². The van der Waals surface area contributed by atoms with Crippen molar-refractivity contribution in [2.75, 3.05) is 13.6 Å². The standard InChI is InChI=1S/C17H19BrN2O3S/c1-3-19-24(22,23)15-10-8-13(9-11-15)17(21)20(2)12-14-6-4-5-7-16(14)18/h4-11,19H,3,12H2,1-2H3. The molecule has 0 aliphatic rings. The van der Waals surface area contributed by atoms with Crippen molar-refractivity contribution >= 4 is 31.9 Å². The van der Waals surface area contributed by atoms with Gasteiger partial charge < -0.3 is 4.90 Å². The van der Waals surface area contributed by atoms with Gasteiger partial charge in [-0.3, -0.25) is 4.79 Å². The number of carbonyl (C=O) groups excluding carboxylic acids is 1. The van der Waals surface area contributed by atoms with Gasteiger partial charge in [-0.25, -0.2) is 13.1 Å². The molecule has 0 saturated carbocycles. The second-order valence-corrected chi connectivity index (χ2v) is 7.90. The van der Waals surface area contributed by atoms with Crippen LogP contribution in [-0.2, 0) is 16.6 Å². The van der Waals surface area contributed by atoms with Gasteiger partial charge in [0.25, 0.3) is 5.91 Å². The number of carbonyl (C=O) groups is 1. The Morgan fingerprint density at radius 3 is 2.33 bits per heavy atom. The van der Waals surface area contributed by atoms with Gasteiger partial charge in [-0.2, -0.15) is 0 Å². The van der Waals surface area contributed by atoms with Crippen molar-refractivity contribution in [3.8, 4) is 0 Å². The van der Waals surface area contributed by atoms with E-state index in [1.54, 1.807) is 18.9 Å². The number of nitrogens with one attached hydrogen (secondary N) is 1. The third kappa shape index (κ3) is 4.43. The summed E-state index contributed by atoms with van der Waals surface area (Å²) in [7, 11) is -1.79. The Bertz CT molecular complexity index is 820. The molecule has 0 fully saturated rings. The third-order valence-electron chi connectivity index (χ3n) is 3.46. The summed E-state index contributed by atoms with van der Waals surface area (Å²) < 4.78 is 27.2. The van der Waals surface area contributed by atoms with Crippen LogP contribution in [0.25, 0.3) is 0 Å². The number of hydrogen-bond donors (Lipinski definition) is 1. The number of amides is 1. The number of rotatable bonds is 6. The van der Waals surface area contributed by atoms with E-state index < -0.39 is 10.0 Å². The fourth-order valence-electron chi connectivity index (χ4n) is 2.22. The van der Waals surface area contributed by atoms with E-state index in [4.69, 9.17) is 0 Å². The first-order valence-electron chi connectivity index (χ1n) is 7.43. The number of hydrogen-bond acceptors (Lipinski definition) is 3. The minimum Gasteiger partial charge on any atom is -0.337 e. The van der Waals surface area contributed by atoms with Gasteiger partial charge in [-0.05, 0) is 35.9 Å². The lowest BCUT2D eigenvalue weighted by Crippen LogP contribution is -2.26. The third-order valence-corrected chi connectivity index (χ3v) is 5.79. The average molecular weight is 411 g/mol. The fraction of sp³-hybridized carbons (Fsp3) is 0.235. The average Bonchev–Trinajstić information content (AvgIpc) is 2.56. The lowest BCUT2D eigenvalue weighted by Gasteiger charge is -2.18. The van der Waals surface area contributed by atoms with Gasteiger partial charge in [0.15, 0.2) is 0 Å². The van der Waals surface area contributed by atoms with E-state index >= 15 is 0 Å². The topological polar surface area (TPSA) is 66.5 Å². The van der Waals surface area contributed by atoms with Gasteiger partial charge >= 0.3 is 0 Å². The molecule has 0 bridgehead atoms. The first kappa shape index (κ1) is 18.6. The Labute approximate surface area is 150 Å². The van der Waals surface area contributed by atoms with Crippen LogP contribution in [0.1, 0.15) is 22.8 Å². The van der Waals surface area contributed by atoms with Crippen LogP contribution in [0.4, 0.5) is 0 Å². The van der Waals surface area contributed by atoms with Crippen molar-refractivity contribution in [1.82, 2.24) is 9.62 Å². The summed E-state index contributed by atoms with van der Waals surface area (Å²) in [6.45, 7) is 2.49. The zero-order valence-electron chi connectivity index (χ0n) is 13.5. The largest absolute Gasteiger partial charge is 0.337 e. The first-order chi connectivity index (χ1) is 11.3. The summed E-state index contributed by atoms with van der Waals surface area (Å²) in [5, 5.41) is 0. The predicted molar refractivity (Wildman–Crippen MR) is 97.2 cm³/mol.